The number of urea groups is 1. The number of nitrogens with zero attached hydrogens (tertiary/aromatic N) is 1. The first kappa shape index (κ1) is 22.2. The van der Waals surface area contributed by atoms with Crippen LogP contribution >= 0.6 is 0 Å². The highest BCUT2D eigenvalue weighted by Crippen LogP contribution is 2.21. The number of carbonyl (C=O) groups is 2. The first-order chi connectivity index (χ1) is 13.5. The third kappa shape index (κ3) is 7.15. The third-order valence-electron chi connectivity index (χ3n) is 5.19. The van der Waals surface area contributed by atoms with Gasteiger partial charge in [0.25, 0.3) is 5.91 Å². The SMILES string of the molecule is CCCCOCCCNC(=O)Nc1ccc(C(=O)N2CCC(C)CC2)cc1C. The summed E-state index contributed by atoms with van der Waals surface area (Å²) in [6, 6.07) is 5.23. The molecule has 0 atom stereocenters. The van der Waals surface area contributed by atoms with Gasteiger partial charge in [-0.2, -0.15) is 0 Å². The lowest BCUT2D eigenvalue weighted by atomic mass is 9.98. The van der Waals surface area contributed by atoms with Crippen molar-refractivity contribution in [3.05, 3.63) is 29.3 Å². The minimum atomic E-state index is -0.235. The summed E-state index contributed by atoms with van der Waals surface area (Å²) in [5.74, 6) is 0.771. The topological polar surface area (TPSA) is 70.7 Å². The molecule has 1 aliphatic heterocycles. The van der Waals surface area contributed by atoms with Gasteiger partial charge in [-0.1, -0.05) is 20.3 Å². The summed E-state index contributed by atoms with van der Waals surface area (Å²) in [7, 11) is 0. The second-order valence-electron chi connectivity index (χ2n) is 7.70. The molecular weight excluding hydrogens is 354 g/mol. The van der Waals surface area contributed by atoms with E-state index in [1.54, 1.807) is 6.07 Å². The van der Waals surface area contributed by atoms with Gasteiger partial charge in [0.2, 0.25) is 0 Å². The second-order valence-corrected chi connectivity index (χ2v) is 7.70. The standard InChI is InChI=1S/C22H35N3O3/c1-4-5-14-28-15-6-11-23-22(27)24-20-8-7-19(16-18(20)3)21(26)25-12-9-17(2)10-13-25/h7-8,16-17H,4-6,9-15H2,1-3H3,(H2,23,24,27). The molecule has 2 rings (SSSR count). The number of likely N-dealkylation sites (tertiary alicyclic amines) is 1. The number of piperidine rings is 1. The Kier molecular flexibility index (Phi) is 9.28. The Balaban J connectivity index is 1.77. The summed E-state index contributed by atoms with van der Waals surface area (Å²) in [6.07, 6.45) is 5.12. The highest BCUT2D eigenvalue weighted by Gasteiger charge is 2.21. The van der Waals surface area contributed by atoms with E-state index in [1.807, 2.05) is 24.0 Å². The molecule has 1 saturated heterocycles. The van der Waals surface area contributed by atoms with Crippen molar-refractivity contribution >= 4 is 17.6 Å². The number of carbonyl (C=O) groups excluding carboxylic acids is 2. The average Bonchev–Trinajstić information content (AvgIpc) is 2.69. The molecule has 1 aliphatic rings. The molecule has 28 heavy (non-hydrogen) atoms. The maximum Gasteiger partial charge on any atom is 0.319 e. The number of anilines is 1. The molecule has 0 radical (unpaired) electrons. The minimum Gasteiger partial charge on any atom is -0.381 e. The van der Waals surface area contributed by atoms with Gasteiger partial charge in [-0.3, -0.25) is 4.79 Å². The summed E-state index contributed by atoms with van der Waals surface area (Å²) in [6.45, 7) is 9.93. The zero-order valence-corrected chi connectivity index (χ0v) is 17.6. The van der Waals surface area contributed by atoms with Crippen LogP contribution in [0.15, 0.2) is 18.2 Å². The molecule has 6 nitrogen and oxygen atoms in total. The molecule has 1 aromatic carbocycles. The van der Waals surface area contributed by atoms with Crippen LogP contribution in [-0.2, 0) is 4.74 Å². The van der Waals surface area contributed by atoms with Crippen molar-refractivity contribution in [1.29, 1.82) is 0 Å². The van der Waals surface area contributed by atoms with Crippen molar-refractivity contribution in [2.24, 2.45) is 5.92 Å². The van der Waals surface area contributed by atoms with E-state index in [2.05, 4.69) is 24.5 Å². The van der Waals surface area contributed by atoms with Crippen molar-refractivity contribution < 1.29 is 14.3 Å². The summed E-state index contributed by atoms with van der Waals surface area (Å²) < 4.78 is 5.48. The molecule has 0 bridgehead atoms. The third-order valence-corrected chi connectivity index (χ3v) is 5.19. The Labute approximate surface area is 169 Å². The molecular formula is C22H35N3O3. The van der Waals surface area contributed by atoms with Crippen molar-refractivity contribution in [3.8, 4) is 0 Å². The van der Waals surface area contributed by atoms with Crippen LogP contribution in [0.2, 0.25) is 0 Å². The van der Waals surface area contributed by atoms with Crippen LogP contribution in [-0.4, -0.2) is 49.7 Å². The van der Waals surface area contributed by atoms with E-state index in [4.69, 9.17) is 4.74 Å². The quantitative estimate of drug-likeness (QED) is 0.622. The molecule has 0 spiro atoms. The fourth-order valence-corrected chi connectivity index (χ4v) is 3.22. The van der Waals surface area contributed by atoms with E-state index in [1.165, 1.54) is 0 Å². The normalized spacial score (nSPS) is 14.8. The van der Waals surface area contributed by atoms with Crippen LogP contribution in [0, 0.1) is 12.8 Å². The van der Waals surface area contributed by atoms with Crippen molar-refractivity contribution in [2.45, 2.75) is 52.9 Å². The van der Waals surface area contributed by atoms with Gasteiger partial charge in [0, 0.05) is 44.1 Å². The Hall–Kier alpha value is -2.08. The predicted octanol–water partition coefficient (Wildman–Crippen LogP) is 4.20. The number of unbranched alkanes of at least 4 members (excludes halogenated alkanes) is 1. The zero-order valence-electron chi connectivity index (χ0n) is 17.6. The van der Waals surface area contributed by atoms with Gasteiger partial charge in [0.05, 0.1) is 0 Å². The fraction of sp³-hybridized carbons (Fsp3) is 0.636. The van der Waals surface area contributed by atoms with Crippen LogP contribution in [0.4, 0.5) is 10.5 Å². The van der Waals surface area contributed by atoms with E-state index < -0.39 is 0 Å². The van der Waals surface area contributed by atoms with E-state index in [0.29, 0.717) is 24.6 Å². The van der Waals surface area contributed by atoms with Crippen molar-refractivity contribution in [3.63, 3.8) is 0 Å². The monoisotopic (exact) mass is 389 g/mol. The van der Waals surface area contributed by atoms with Crippen LogP contribution in [0.3, 0.4) is 0 Å². The molecule has 1 fully saturated rings. The molecule has 156 valence electrons. The Morgan fingerprint density at radius 3 is 2.57 bits per heavy atom. The average molecular weight is 390 g/mol. The van der Waals surface area contributed by atoms with E-state index >= 15 is 0 Å². The summed E-state index contributed by atoms with van der Waals surface area (Å²) in [4.78, 5) is 26.7. The zero-order chi connectivity index (χ0) is 20.4. The molecule has 0 saturated carbocycles. The summed E-state index contributed by atoms with van der Waals surface area (Å²) >= 11 is 0. The van der Waals surface area contributed by atoms with Gasteiger partial charge >= 0.3 is 6.03 Å². The van der Waals surface area contributed by atoms with E-state index in [9.17, 15) is 9.59 Å². The smallest absolute Gasteiger partial charge is 0.319 e. The summed E-state index contributed by atoms with van der Waals surface area (Å²) in [5, 5.41) is 5.69. The number of benzene rings is 1. The van der Waals surface area contributed by atoms with Crippen LogP contribution in [0.5, 0.6) is 0 Å². The first-order valence-electron chi connectivity index (χ1n) is 10.5. The van der Waals surface area contributed by atoms with Gasteiger partial charge in [0.15, 0.2) is 0 Å². The van der Waals surface area contributed by atoms with Gasteiger partial charge in [-0.05, 0) is 62.3 Å². The first-order valence-corrected chi connectivity index (χ1v) is 10.5. The molecule has 0 aromatic heterocycles. The van der Waals surface area contributed by atoms with Crippen LogP contribution in [0.1, 0.15) is 61.9 Å². The molecule has 6 heteroatoms. The van der Waals surface area contributed by atoms with E-state index in [-0.39, 0.29) is 11.9 Å². The molecule has 3 amide bonds. The number of nitrogens with one attached hydrogen (secondary N) is 2. The number of ether oxygens (including phenoxy) is 1. The van der Waals surface area contributed by atoms with Gasteiger partial charge in [-0.25, -0.2) is 4.79 Å². The van der Waals surface area contributed by atoms with Gasteiger partial charge in [-0.15, -0.1) is 0 Å². The second kappa shape index (κ2) is 11.7. The highest BCUT2D eigenvalue weighted by molar-refractivity contribution is 5.96. The lowest BCUT2D eigenvalue weighted by Crippen LogP contribution is -2.38. The Morgan fingerprint density at radius 1 is 1.18 bits per heavy atom. The lowest BCUT2D eigenvalue weighted by molar-refractivity contribution is 0.0697. The van der Waals surface area contributed by atoms with Gasteiger partial charge < -0.3 is 20.3 Å². The molecule has 0 unspecified atom stereocenters. The number of aryl methyl sites for hydroxylation is 1. The van der Waals surface area contributed by atoms with Gasteiger partial charge in [0.1, 0.15) is 0 Å². The Bertz CT molecular complexity index is 640. The molecule has 2 N–H and O–H groups in total. The largest absolute Gasteiger partial charge is 0.381 e. The summed E-state index contributed by atoms with van der Waals surface area (Å²) in [5.41, 5.74) is 2.29. The predicted molar refractivity (Wildman–Crippen MR) is 113 cm³/mol. The maximum atomic E-state index is 12.7. The molecule has 1 aromatic rings. The molecule has 1 heterocycles. The van der Waals surface area contributed by atoms with Crippen LogP contribution < -0.4 is 10.6 Å². The molecule has 0 aliphatic carbocycles. The number of amides is 3. The van der Waals surface area contributed by atoms with Crippen molar-refractivity contribution in [2.75, 3.05) is 38.2 Å². The lowest BCUT2D eigenvalue weighted by Gasteiger charge is -2.30. The number of hydrogen-bond donors (Lipinski definition) is 2. The van der Waals surface area contributed by atoms with E-state index in [0.717, 1.165) is 63.1 Å². The number of rotatable bonds is 9. The fourth-order valence-electron chi connectivity index (χ4n) is 3.22. The Morgan fingerprint density at radius 2 is 1.89 bits per heavy atom. The minimum absolute atomic E-state index is 0.0778. The highest BCUT2D eigenvalue weighted by atomic mass is 16.5. The number of hydrogen-bond acceptors (Lipinski definition) is 3. The maximum absolute atomic E-state index is 12.7. The van der Waals surface area contributed by atoms with Crippen LogP contribution in [0.25, 0.3) is 0 Å². The van der Waals surface area contributed by atoms with Crippen molar-refractivity contribution in [1.82, 2.24) is 10.2 Å².